The number of aromatic hydroxyl groups is 2. The molecule has 5 nitrogen and oxygen atoms in total. The van der Waals surface area contributed by atoms with Crippen LogP contribution in [-0.2, 0) is 0 Å². The SMILES string of the molecule is O=C(O)c1cc(O)c(O)c(S)c1.[OH][Al]=[S]. The Morgan fingerprint density at radius 3 is 2.20 bits per heavy atom. The summed E-state index contributed by atoms with van der Waals surface area (Å²) in [6.07, 6.45) is 0. The van der Waals surface area contributed by atoms with Crippen LogP contribution < -0.4 is 0 Å². The number of rotatable bonds is 1. The van der Waals surface area contributed by atoms with E-state index in [1.165, 1.54) is 0 Å². The van der Waals surface area contributed by atoms with E-state index in [2.05, 4.69) is 23.1 Å². The zero-order valence-corrected chi connectivity index (χ0v) is 10.2. The second-order valence-electron chi connectivity index (χ2n) is 2.27. The van der Waals surface area contributed by atoms with Gasteiger partial charge in [-0.1, -0.05) is 0 Å². The number of carbonyl (C=O) groups is 1. The zero-order chi connectivity index (χ0) is 12.0. The van der Waals surface area contributed by atoms with Crippen molar-refractivity contribution in [1.82, 2.24) is 0 Å². The van der Waals surface area contributed by atoms with Gasteiger partial charge in [0.2, 0.25) is 0 Å². The van der Waals surface area contributed by atoms with Gasteiger partial charge in [0.05, 0.1) is 10.5 Å². The second-order valence-corrected chi connectivity index (χ2v) is 3.60. The molecular formula is C7H7AlO5S2. The molecule has 0 aliphatic heterocycles. The van der Waals surface area contributed by atoms with E-state index in [-0.39, 0.29) is 10.5 Å². The van der Waals surface area contributed by atoms with Crippen molar-refractivity contribution in [3.05, 3.63) is 17.7 Å². The molecule has 0 atom stereocenters. The first-order valence-electron chi connectivity index (χ1n) is 3.50. The van der Waals surface area contributed by atoms with E-state index in [1.54, 1.807) is 0 Å². The molecule has 0 saturated carbocycles. The zero-order valence-electron chi connectivity index (χ0n) is 7.28. The number of phenolic OH excluding ortho intramolecular Hbond substituents is 2. The molecule has 0 unspecified atom stereocenters. The number of phenols is 2. The van der Waals surface area contributed by atoms with E-state index in [1.807, 2.05) is 0 Å². The summed E-state index contributed by atoms with van der Waals surface area (Å²) in [7, 11) is 4.03. The Labute approximate surface area is 101 Å². The fourth-order valence-corrected chi connectivity index (χ4v) is 0.981. The van der Waals surface area contributed by atoms with Crippen molar-refractivity contribution in [1.29, 1.82) is 0 Å². The molecule has 80 valence electrons. The molecule has 0 aliphatic carbocycles. The second kappa shape index (κ2) is 6.63. The van der Waals surface area contributed by atoms with Gasteiger partial charge in [0.15, 0.2) is 11.5 Å². The van der Waals surface area contributed by atoms with Gasteiger partial charge in [-0.25, -0.2) is 4.79 Å². The van der Waals surface area contributed by atoms with Crippen molar-refractivity contribution in [3.63, 3.8) is 0 Å². The third-order valence-electron chi connectivity index (χ3n) is 1.32. The van der Waals surface area contributed by atoms with Crippen molar-refractivity contribution < 1.29 is 24.3 Å². The Morgan fingerprint density at radius 1 is 1.40 bits per heavy atom. The molecule has 8 heteroatoms. The summed E-state index contributed by atoms with van der Waals surface area (Å²) in [5.41, 5.74) is -0.115. The molecular weight excluding hydrogens is 255 g/mol. The van der Waals surface area contributed by atoms with Crippen LogP contribution in [0.3, 0.4) is 0 Å². The Balaban J connectivity index is 0.000000583. The first-order chi connectivity index (χ1) is 6.93. The van der Waals surface area contributed by atoms with Crippen LogP contribution in [0.2, 0.25) is 0 Å². The summed E-state index contributed by atoms with van der Waals surface area (Å²) >= 11 is 3.09. The number of thiol groups is 1. The van der Waals surface area contributed by atoms with Gasteiger partial charge in [-0.05, 0) is 12.1 Å². The molecule has 0 aliphatic rings. The van der Waals surface area contributed by atoms with Gasteiger partial charge in [-0.2, -0.15) is 0 Å². The summed E-state index contributed by atoms with van der Waals surface area (Å²) in [6, 6.07) is 2.11. The predicted molar refractivity (Wildman–Crippen MR) is 59.5 cm³/mol. The predicted octanol–water partition coefficient (Wildman–Crippen LogP) is 0.795. The standard InChI is InChI=1S/C7H6O4S.Al.H2O.S/c8-4-1-3(7(10)11)2-5(12)6(4)9;;;/h1-2,8-9,12H,(H,10,11);;1H2;/q;+1;;/p-1. The van der Waals surface area contributed by atoms with E-state index in [0.717, 1.165) is 12.1 Å². The van der Waals surface area contributed by atoms with Gasteiger partial charge in [0.1, 0.15) is 0 Å². The summed E-state index contributed by atoms with van der Waals surface area (Å²) in [6.45, 7) is 0. The average molecular weight is 262 g/mol. The molecule has 1 aromatic carbocycles. The number of carboxylic acid groups (broad SMARTS) is 1. The molecule has 0 amide bonds. The summed E-state index contributed by atoms with van der Waals surface area (Å²) < 4.78 is 7.47. The van der Waals surface area contributed by atoms with Gasteiger partial charge in [-0.15, -0.1) is 12.6 Å². The Bertz CT molecular complexity index is 359. The van der Waals surface area contributed by atoms with Crippen LogP contribution >= 0.6 is 23.1 Å². The van der Waals surface area contributed by atoms with Crippen LogP contribution in [0.15, 0.2) is 17.0 Å². The fraction of sp³-hybridized carbons (Fsp3) is 0. The summed E-state index contributed by atoms with van der Waals surface area (Å²) in [4.78, 5) is 10.4. The Hall–Kier alpha value is -0.808. The van der Waals surface area contributed by atoms with Gasteiger partial charge >= 0.3 is 34.5 Å². The molecule has 0 saturated heterocycles. The van der Waals surface area contributed by atoms with Crippen molar-refractivity contribution in [2.75, 3.05) is 0 Å². The molecule has 1 rings (SSSR count). The van der Waals surface area contributed by atoms with Gasteiger partial charge < -0.3 is 15.3 Å². The van der Waals surface area contributed by atoms with Crippen LogP contribution in [0.5, 0.6) is 11.5 Å². The number of hydrogen-bond donors (Lipinski definition) is 5. The maximum absolute atomic E-state index is 10.4. The van der Waals surface area contributed by atoms with Crippen LogP contribution in [-0.4, -0.2) is 39.4 Å². The van der Waals surface area contributed by atoms with Crippen LogP contribution in [0, 0.1) is 0 Å². The van der Waals surface area contributed by atoms with Gasteiger partial charge in [-0.3, -0.25) is 0 Å². The average Bonchev–Trinajstić information content (AvgIpc) is 2.14. The molecule has 0 fully saturated rings. The van der Waals surface area contributed by atoms with Crippen molar-refractivity contribution >= 4 is 43.0 Å². The van der Waals surface area contributed by atoms with Gasteiger partial charge in [0.25, 0.3) is 0 Å². The molecule has 4 N–H and O–H groups in total. The molecule has 0 heterocycles. The topological polar surface area (TPSA) is 98.0 Å². The van der Waals surface area contributed by atoms with E-state index in [9.17, 15) is 4.79 Å². The first kappa shape index (κ1) is 14.2. The van der Waals surface area contributed by atoms with E-state index in [0.29, 0.717) is 0 Å². The van der Waals surface area contributed by atoms with Crippen LogP contribution in [0.1, 0.15) is 10.4 Å². The molecule has 0 bridgehead atoms. The molecule has 0 aromatic heterocycles. The van der Waals surface area contributed by atoms with Crippen molar-refractivity contribution in [3.8, 4) is 11.5 Å². The number of hydrogen-bond acceptors (Lipinski definition) is 5. The molecule has 1 aromatic rings. The maximum atomic E-state index is 10.4. The number of aromatic carboxylic acids is 1. The molecule has 0 radical (unpaired) electrons. The summed E-state index contributed by atoms with van der Waals surface area (Å²) in [5.74, 6) is -2.08. The van der Waals surface area contributed by atoms with Gasteiger partial charge in [0, 0.05) is 0 Å². The van der Waals surface area contributed by atoms with E-state index in [4.69, 9.17) is 19.5 Å². The first-order valence-corrected chi connectivity index (χ1v) is 6.35. The summed E-state index contributed by atoms with van der Waals surface area (Å²) in [5, 5.41) is 26.5. The minimum atomic E-state index is -1.18. The molecule has 0 spiro atoms. The fourth-order valence-electron chi connectivity index (χ4n) is 0.728. The van der Waals surface area contributed by atoms with Crippen molar-refractivity contribution in [2.45, 2.75) is 4.90 Å². The van der Waals surface area contributed by atoms with Crippen molar-refractivity contribution in [2.24, 2.45) is 0 Å². The number of carboxylic acids is 1. The van der Waals surface area contributed by atoms with E-state index < -0.39 is 31.4 Å². The van der Waals surface area contributed by atoms with Crippen LogP contribution in [0.25, 0.3) is 0 Å². The van der Waals surface area contributed by atoms with Crippen LogP contribution in [0.4, 0.5) is 0 Å². The normalized spacial score (nSPS) is 8.33. The monoisotopic (exact) mass is 262 g/mol. The molecule has 15 heavy (non-hydrogen) atoms. The third-order valence-corrected chi connectivity index (χ3v) is 1.66. The third kappa shape index (κ3) is 4.49. The van der Waals surface area contributed by atoms with E-state index >= 15 is 0 Å². The number of benzene rings is 1. The Kier molecular flexibility index (Phi) is 6.28. The Morgan fingerprint density at radius 2 is 1.87 bits per heavy atom. The minimum absolute atomic E-state index is 0.0346. The quantitative estimate of drug-likeness (QED) is 0.292.